The largest absolute Gasteiger partial charge is 0.494 e. The molecule has 49 heavy (non-hydrogen) atoms. The van der Waals surface area contributed by atoms with Gasteiger partial charge in [-0.1, -0.05) is 82.1 Å². The lowest BCUT2D eigenvalue weighted by Gasteiger charge is -2.40. The molecule has 7 atom stereocenters. The highest BCUT2D eigenvalue weighted by Crippen LogP contribution is 2.69. The Labute approximate surface area is 304 Å². The van der Waals surface area contributed by atoms with Crippen LogP contribution in [0.15, 0.2) is 104 Å². The molecule has 3 aromatic rings. The number of hydrogen-bond acceptors (Lipinski definition) is 6. The maximum atomic E-state index is 15.1. The molecule has 2 bridgehead atoms. The second-order valence-electron chi connectivity index (χ2n) is 12.4. The predicted octanol–water partition coefficient (Wildman–Crippen LogP) is 6.68. The summed E-state index contributed by atoms with van der Waals surface area (Å²) in [5.74, 6) is -1.75. The van der Waals surface area contributed by atoms with Gasteiger partial charge < -0.3 is 24.5 Å². The standard InChI is InChI=1S/C38H39BrClN3O5S/c1-4-20-41(25-16-18-26(19-17-25)48-6-3)35(45)31-32-36(46)43(30(23-44)24-12-8-7-9-13-24)34(38(32)22-27(39)33(31)49-38)37(47)42(21-5-2)29-15-11-10-14-28(29)40/h4-5,7-19,27,30-34,44H,1-2,6,20-23H2,3H3/t27?,30-,31-,32+,33-,34?,38?/m1/s1. The first-order valence-corrected chi connectivity index (χ1v) is 18.5. The molecule has 3 aromatic carbocycles. The Hall–Kier alpha value is -3.57. The third-order valence-electron chi connectivity index (χ3n) is 9.70. The van der Waals surface area contributed by atoms with Crippen molar-refractivity contribution in [3.63, 3.8) is 0 Å². The number of para-hydroxylation sites is 1. The van der Waals surface area contributed by atoms with Crippen molar-refractivity contribution < 1.29 is 24.2 Å². The van der Waals surface area contributed by atoms with E-state index in [-0.39, 0.29) is 40.9 Å². The van der Waals surface area contributed by atoms with Crippen molar-refractivity contribution in [3.05, 3.63) is 115 Å². The van der Waals surface area contributed by atoms with Crippen molar-refractivity contribution in [2.45, 2.75) is 40.3 Å². The van der Waals surface area contributed by atoms with Crippen LogP contribution in [0, 0.1) is 11.8 Å². The van der Waals surface area contributed by atoms with E-state index in [1.54, 1.807) is 62.9 Å². The molecule has 3 aliphatic rings. The van der Waals surface area contributed by atoms with Crippen LogP contribution in [0.5, 0.6) is 5.75 Å². The van der Waals surface area contributed by atoms with Crippen molar-refractivity contribution in [1.82, 2.24) is 4.90 Å². The van der Waals surface area contributed by atoms with Crippen LogP contribution in [0.2, 0.25) is 5.02 Å². The van der Waals surface area contributed by atoms with Crippen molar-refractivity contribution in [1.29, 1.82) is 0 Å². The maximum absolute atomic E-state index is 15.1. The molecule has 256 valence electrons. The molecule has 0 aliphatic carbocycles. The van der Waals surface area contributed by atoms with Crippen molar-refractivity contribution in [2.75, 3.05) is 36.1 Å². The van der Waals surface area contributed by atoms with Gasteiger partial charge in [-0.05, 0) is 55.3 Å². The highest BCUT2D eigenvalue weighted by molar-refractivity contribution is 9.09. The maximum Gasteiger partial charge on any atom is 0.251 e. The Bertz CT molecular complexity index is 1730. The number of carbonyl (C=O) groups excluding carboxylic acids is 3. The van der Waals surface area contributed by atoms with E-state index in [1.165, 1.54) is 0 Å². The summed E-state index contributed by atoms with van der Waals surface area (Å²) in [6.07, 6.45) is 3.78. The Morgan fingerprint density at radius 1 is 1.04 bits per heavy atom. The van der Waals surface area contributed by atoms with E-state index in [0.717, 1.165) is 0 Å². The fraction of sp³-hybridized carbons (Fsp3) is 0.342. The highest BCUT2D eigenvalue weighted by atomic mass is 79.9. The zero-order valence-electron chi connectivity index (χ0n) is 27.2. The Balaban J connectivity index is 1.48. The normalized spacial score (nSPS) is 25.8. The number of amides is 3. The number of fused-ring (bicyclic) bond motifs is 1. The monoisotopic (exact) mass is 763 g/mol. The summed E-state index contributed by atoms with van der Waals surface area (Å²) in [5.41, 5.74) is 1.85. The number of anilines is 2. The number of benzene rings is 3. The van der Waals surface area contributed by atoms with Gasteiger partial charge in [0, 0.05) is 28.9 Å². The second kappa shape index (κ2) is 14.7. The summed E-state index contributed by atoms with van der Waals surface area (Å²) in [6.45, 7) is 10.2. The molecule has 3 saturated heterocycles. The molecule has 0 aromatic heterocycles. The molecule has 3 fully saturated rings. The quantitative estimate of drug-likeness (QED) is 0.155. The van der Waals surface area contributed by atoms with Gasteiger partial charge in [-0.25, -0.2) is 0 Å². The number of ether oxygens (including phenoxy) is 1. The summed E-state index contributed by atoms with van der Waals surface area (Å²) >= 11 is 12.1. The highest BCUT2D eigenvalue weighted by Gasteiger charge is 2.76. The molecule has 8 nitrogen and oxygen atoms in total. The van der Waals surface area contributed by atoms with Gasteiger partial charge in [0.25, 0.3) is 5.91 Å². The van der Waals surface area contributed by atoms with Gasteiger partial charge in [0.2, 0.25) is 11.8 Å². The van der Waals surface area contributed by atoms with Crippen LogP contribution in [0.3, 0.4) is 0 Å². The van der Waals surface area contributed by atoms with Crippen LogP contribution in [-0.4, -0.2) is 74.9 Å². The predicted molar refractivity (Wildman–Crippen MR) is 199 cm³/mol. The molecular weight excluding hydrogens is 726 g/mol. The van der Waals surface area contributed by atoms with Crippen LogP contribution in [0.1, 0.15) is 24.9 Å². The number of carbonyl (C=O) groups is 3. The molecule has 0 radical (unpaired) electrons. The van der Waals surface area contributed by atoms with Gasteiger partial charge in [-0.2, -0.15) is 0 Å². The molecule has 3 aliphatic heterocycles. The van der Waals surface area contributed by atoms with Crippen molar-refractivity contribution in [3.8, 4) is 5.75 Å². The van der Waals surface area contributed by atoms with E-state index in [2.05, 4.69) is 29.1 Å². The minimum Gasteiger partial charge on any atom is -0.494 e. The lowest BCUT2D eigenvalue weighted by Crippen LogP contribution is -2.56. The van der Waals surface area contributed by atoms with Gasteiger partial charge in [0.1, 0.15) is 11.8 Å². The molecule has 1 spiro atoms. The topological polar surface area (TPSA) is 90.4 Å². The number of aliphatic hydroxyl groups excluding tert-OH is 1. The lowest BCUT2D eigenvalue weighted by molar-refractivity contribution is -0.142. The Morgan fingerprint density at radius 2 is 1.69 bits per heavy atom. The minimum absolute atomic E-state index is 0.144. The van der Waals surface area contributed by atoms with Crippen LogP contribution in [0.4, 0.5) is 11.4 Å². The zero-order chi connectivity index (χ0) is 34.9. The van der Waals surface area contributed by atoms with E-state index >= 15 is 9.59 Å². The molecule has 3 heterocycles. The van der Waals surface area contributed by atoms with Gasteiger partial charge in [-0.15, -0.1) is 24.9 Å². The van der Waals surface area contributed by atoms with Gasteiger partial charge >= 0.3 is 0 Å². The molecule has 3 amide bonds. The summed E-state index contributed by atoms with van der Waals surface area (Å²) in [4.78, 5) is 49.7. The smallest absolute Gasteiger partial charge is 0.251 e. The number of thioether (sulfide) groups is 1. The molecular formula is C38H39BrClN3O5S. The van der Waals surface area contributed by atoms with Gasteiger partial charge in [0.05, 0.1) is 46.5 Å². The van der Waals surface area contributed by atoms with Gasteiger partial charge in [-0.3, -0.25) is 14.4 Å². The third kappa shape index (κ3) is 6.11. The average Bonchev–Trinajstić information content (AvgIpc) is 3.71. The summed E-state index contributed by atoms with van der Waals surface area (Å²) < 4.78 is 4.66. The van der Waals surface area contributed by atoms with Gasteiger partial charge in [0.15, 0.2) is 0 Å². The van der Waals surface area contributed by atoms with E-state index in [9.17, 15) is 9.90 Å². The van der Waals surface area contributed by atoms with Crippen LogP contribution < -0.4 is 14.5 Å². The van der Waals surface area contributed by atoms with E-state index in [4.69, 9.17) is 16.3 Å². The number of halogens is 2. The summed E-state index contributed by atoms with van der Waals surface area (Å²) in [7, 11) is 0. The number of hydrogen-bond donors (Lipinski definition) is 1. The molecule has 1 N–H and O–H groups in total. The van der Waals surface area contributed by atoms with Crippen LogP contribution >= 0.6 is 39.3 Å². The zero-order valence-corrected chi connectivity index (χ0v) is 30.3. The van der Waals surface area contributed by atoms with E-state index < -0.39 is 35.3 Å². The second-order valence-corrected chi connectivity index (χ2v) is 15.5. The first kappa shape index (κ1) is 35.3. The molecule has 11 heteroatoms. The molecule has 6 rings (SSSR count). The number of aliphatic hydroxyl groups is 1. The number of likely N-dealkylation sites (tertiary alicyclic amines) is 1. The SMILES string of the molecule is C=CCN(C(=O)[C@H]1[C@@H]2SC3(CC2Br)C(C(=O)N(CC=C)c2ccccc2Cl)N([C@H](CO)c2ccccc2)C(=O)[C@H]13)c1ccc(OCC)cc1. The first-order chi connectivity index (χ1) is 23.7. The number of rotatable bonds is 13. The lowest BCUT2D eigenvalue weighted by atomic mass is 9.70. The summed E-state index contributed by atoms with van der Waals surface area (Å²) in [6, 6.07) is 21.8. The number of nitrogens with zero attached hydrogens (tertiary/aromatic N) is 3. The Morgan fingerprint density at radius 3 is 2.33 bits per heavy atom. The average molecular weight is 765 g/mol. The van der Waals surface area contributed by atoms with Crippen LogP contribution in [0.25, 0.3) is 0 Å². The van der Waals surface area contributed by atoms with Crippen molar-refractivity contribution >= 4 is 68.4 Å². The van der Waals surface area contributed by atoms with E-state index in [0.29, 0.717) is 40.7 Å². The fourth-order valence-electron chi connectivity index (χ4n) is 7.77. The Kier molecular flexibility index (Phi) is 10.6. The van der Waals surface area contributed by atoms with Crippen LogP contribution in [-0.2, 0) is 14.4 Å². The summed E-state index contributed by atoms with van der Waals surface area (Å²) in [5, 5.41) is 11.0. The van der Waals surface area contributed by atoms with Crippen molar-refractivity contribution in [2.24, 2.45) is 11.8 Å². The molecule has 3 unspecified atom stereocenters. The minimum atomic E-state index is -1.01. The molecule has 0 saturated carbocycles. The third-order valence-corrected chi connectivity index (χ3v) is 13.2. The number of alkyl halides is 1. The first-order valence-electron chi connectivity index (χ1n) is 16.3. The fourth-order valence-corrected chi connectivity index (χ4v) is 11.6. The van der Waals surface area contributed by atoms with E-state index in [1.807, 2.05) is 61.5 Å².